The lowest BCUT2D eigenvalue weighted by Crippen LogP contribution is -2.04. The number of benzene rings is 4. The molecule has 10 heteroatoms. The molecule has 0 unspecified atom stereocenters. The van der Waals surface area contributed by atoms with Crippen LogP contribution in [-0.4, -0.2) is 32.6 Å². The summed E-state index contributed by atoms with van der Waals surface area (Å²) in [5, 5.41) is 51.6. The summed E-state index contributed by atoms with van der Waals surface area (Å²) >= 11 is 0. The number of rotatable bonds is 4. The van der Waals surface area contributed by atoms with E-state index in [1.807, 2.05) is 0 Å². The lowest BCUT2D eigenvalue weighted by atomic mass is 9.96. The van der Waals surface area contributed by atoms with Crippen LogP contribution in [0.1, 0.15) is 0 Å². The van der Waals surface area contributed by atoms with Crippen LogP contribution in [0.4, 0.5) is 0 Å². The number of aromatic hydroxyl groups is 5. The highest BCUT2D eigenvalue weighted by Crippen LogP contribution is 2.46. The van der Waals surface area contributed by atoms with Gasteiger partial charge in [-0.25, -0.2) is 0 Å². The number of hydrogen-bond acceptors (Lipinski definition) is 10. The third-order valence-electron chi connectivity index (χ3n) is 6.66. The topological polar surface area (TPSA) is 171 Å². The second kappa shape index (κ2) is 9.38. The molecule has 1 aromatic heterocycles. The number of phenols is 4. The van der Waals surface area contributed by atoms with Gasteiger partial charge in [0.05, 0.1) is 12.7 Å². The van der Waals surface area contributed by atoms with Gasteiger partial charge in [0.25, 0.3) is 0 Å². The van der Waals surface area contributed by atoms with E-state index in [9.17, 15) is 35.1 Å². The molecule has 4 aromatic rings. The van der Waals surface area contributed by atoms with E-state index in [2.05, 4.69) is 0 Å². The lowest BCUT2D eigenvalue weighted by Gasteiger charge is -2.16. The summed E-state index contributed by atoms with van der Waals surface area (Å²) in [6, 6.07) is 16.1. The fourth-order valence-corrected chi connectivity index (χ4v) is 4.76. The Morgan fingerprint density at radius 3 is 2.02 bits per heavy atom. The van der Waals surface area contributed by atoms with E-state index in [0.29, 0.717) is 11.1 Å². The highest BCUT2D eigenvalue weighted by molar-refractivity contribution is 6.01. The lowest BCUT2D eigenvalue weighted by molar-refractivity contribution is 0.409. The first kappa shape index (κ1) is 25.4. The van der Waals surface area contributed by atoms with Crippen LogP contribution in [0.25, 0.3) is 56.1 Å². The summed E-state index contributed by atoms with van der Waals surface area (Å²) < 4.78 is 17.4. The first-order chi connectivity index (χ1) is 19.6. The molecule has 204 valence electrons. The maximum Gasteiger partial charge on any atom is 0.197 e. The minimum atomic E-state index is -0.626. The molecule has 41 heavy (non-hydrogen) atoms. The molecule has 0 amide bonds. The Balaban J connectivity index is 1.63. The van der Waals surface area contributed by atoms with E-state index in [-0.39, 0.29) is 73.7 Å². The summed E-state index contributed by atoms with van der Waals surface area (Å²) in [4.78, 5) is 25.4. The Morgan fingerprint density at radius 1 is 0.585 bits per heavy atom. The van der Waals surface area contributed by atoms with E-state index in [1.54, 1.807) is 12.1 Å². The minimum Gasteiger partial charge on any atom is -0.508 e. The van der Waals surface area contributed by atoms with Gasteiger partial charge in [-0.05, 0) is 42.5 Å². The molecule has 1 aliphatic carbocycles. The third kappa shape index (κ3) is 4.23. The molecular weight excluding hydrogens is 532 g/mol. The largest absolute Gasteiger partial charge is 0.508 e. The monoisotopic (exact) mass is 552 g/mol. The van der Waals surface area contributed by atoms with Gasteiger partial charge >= 0.3 is 0 Å². The van der Waals surface area contributed by atoms with Crippen molar-refractivity contribution in [1.82, 2.24) is 0 Å². The Bertz CT molecular complexity index is 2070. The van der Waals surface area contributed by atoms with E-state index >= 15 is 0 Å². The molecule has 0 fully saturated rings. The molecule has 0 bridgehead atoms. The Morgan fingerprint density at radius 2 is 1.29 bits per heavy atom. The van der Waals surface area contributed by atoms with E-state index < -0.39 is 16.6 Å². The predicted molar refractivity (Wildman–Crippen MR) is 149 cm³/mol. The van der Waals surface area contributed by atoms with Crippen LogP contribution >= 0.6 is 0 Å². The number of methoxy groups -OCH3 is 1. The van der Waals surface area contributed by atoms with Gasteiger partial charge in [-0.1, -0.05) is 0 Å². The molecule has 5 N–H and O–H groups in total. The highest BCUT2D eigenvalue weighted by Gasteiger charge is 2.24. The maximum atomic E-state index is 13.2. The van der Waals surface area contributed by atoms with Gasteiger partial charge in [0.1, 0.15) is 62.7 Å². The molecule has 2 heterocycles. The number of phenolic OH excluding ortho intramolecular Hbond substituents is 4. The van der Waals surface area contributed by atoms with E-state index in [1.165, 1.54) is 61.7 Å². The SMILES string of the molecule is COc1cc(O)c2c(=O)cc(-c3ccc(O)cc3)oc2c1-c1cc(-c2cc(O)c3c(=O)cc(O)cc-3o2)ccc1O. The fourth-order valence-electron chi connectivity index (χ4n) is 4.76. The summed E-state index contributed by atoms with van der Waals surface area (Å²) in [7, 11) is 1.34. The third-order valence-corrected chi connectivity index (χ3v) is 6.66. The van der Waals surface area contributed by atoms with Crippen molar-refractivity contribution in [3.05, 3.63) is 93.2 Å². The first-order valence-corrected chi connectivity index (χ1v) is 12.2. The molecule has 0 saturated heterocycles. The van der Waals surface area contributed by atoms with Crippen LogP contribution in [-0.2, 0) is 0 Å². The highest BCUT2D eigenvalue weighted by atomic mass is 16.5. The molecule has 6 rings (SSSR count). The zero-order valence-electron chi connectivity index (χ0n) is 21.2. The first-order valence-electron chi connectivity index (χ1n) is 12.2. The molecular formula is C31H20O10. The zero-order valence-corrected chi connectivity index (χ0v) is 21.2. The van der Waals surface area contributed by atoms with Crippen molar-refractivity contribution in [1.29, 1.82) is 0 Å². The fraction of sp³-hybridized carbons (Fsp3) is 0.0323. The quantitative estimate of drug-likeness (QED) is 0.191. The summed E-state index contributed by atoms with van der Waals surface area (Å²) in [5.41, 5.74) is -0.296. The normalized spacial score (nSPS) is 11.2. The van der Waals surface area contributed by atoms with Crippen LogP contribution in [0, 0.1) is 0 Å². The van der Waals surface area contributed by atoms with Gasteiger partial charge in [-0.2, -0.15) is 0 Å². The van der Waals surface area contributed by atoms with Crippen molar-refractivity contribution in [2.75, 3.05) is 7.11 Å². The molecule has 2 aliphatic rings. The summed E-state index contributed by atoms with van der Waals surface area (Å²) in [6.07, 6.45) is 0. The number of hydrogen-bond donors (Lipinski definition) is 5. The van der Waals surface area contributed by atoms with Crippen molar-refractivity contribution < 1.29 is 39.1 Å². The number of fused-ring (bicyclic) bond motifs is 2. The Hall–Kier alpha value is -5.90. The average Bonchev–Trinajstić information content (AvgIpc) is 2.92. The molecule has 0 atom stereocenters. The molecule has 0 radical (unpaired) electrons. The van der Waals surface area contributed by atoms with Crippen molar-refractivity contribution in [3.8, 4) is 79.6 Å². The molecule has 0 spiro atoms. The van der Waals surface area contributed by atoms with Crippen LogP contribution in [0.3, 0.4) is 0 Å². The van der Waals surface area contributed by atoms with Gasteiger partial charge in [0.2, 0.25) is 0 Å². The van der Waals surface area contributed by atoms with Gasteiger partial charge in [-0.3, -0.25) is 9.59 Å². The average molecular weight is 552 g/mol. The van der Waals surface area contributed by atoms with Crippen molar-refractivity contribution in [2.24, 2.45) is 0 Å². The van der Waals surface area contributed by atoms with Crippen LogP contribution in [0.2, 0.25) is 0 Å². The smallest absolute Gasteiger partial charge is 0.197 e. The summed E-state index contributed by atoms with van der Waals surface area (Å²) in [6.45, 7) is 0. The zero-order chi connectivity index (χ0) is 29.0. The predicted octanol–water partition coefficient (Wildman–Crippen LogP) is 5.39. The molecule has 0 saturated carbocycles. The van der Waals surface area contributed by atoms with E-state index in [4.69, 9.17) is 13.6 Å². The van der Waals surface area contributed by atoms with Gasteiger partial charge in [-0.15, -0.1) is 0 Å². The summed E-state index contributed by atoms with van der Waals surface area (Å²) in [5.74, 6) is -1.09. The Labute approximate surface area is 230 Å². The number of ether oxygens (including phenoxy) is 1. The van der Waals surface area contributed by atoms with Crippen molar-refractivity contribution in [2.45, 2.75) is 0 Å². The standard InChI is InChI=1S/C31H20O10/c1-39-26-13-23(38)30-22(37)12-24(14-2-5-16(32)6-3-14)41-31(30)28(26)18-8-15(4-7-19(18)34)25-11-21(36)29-20(35)9-17(33)10-27(29)40-25/h2-13,32-34,36,38H,1H3. The van der Waals surface area contributed by atoms with Crippen molar-refractivity contribution >= 4 is 11.0 Å². The van der Waals surface area contributed by atoms with E-state index in [0.717, 1.165) is 6.07 Å². The van der Waals surface area contributed by atoms with Crippen LogP contribution < -0.4 is 15.6 Å². The van der Waals surface area contributed by atoms with Gasteiger partial charge < -0.3 is 39.1 Å². The Kier molecular flexibility index (Phi) is 5.81. The second-order valence-electron chi connectivity index (χ2n) is 9.24. The molecule has 3 aromatic carbocycles. The molecule has 10 nitrogen and oxygen atoms in total. The maximum absolute atomic E-state index is 13.2. The second-order valence-corrected chi connectivity index (χ2v) is 9.24. The van der Waals surface area contributed by atoms with Gasteiger partial charge in [0.15, 0.2) is 16.4 Å². The van der Waals surface area contributed by atoms with Crippen LogP contribution in [0.5, 0.6) is 34.5 Å². The van der Waals surface area contributed by atoms with Gasteiger partial charge in [0, 0.05) is 47.0 Å². The van der Waals surface area contributed by atoms with Crippen LogP contribution in [0.15, 0.2) is 91.2 Å². The minimum absolute atomic E-state index is 0.0189. The molecule has 1 aliphatic heterocycles. The van der Waals surface area contributed by atoms with Crippen molar-refractivity contribution in [3.63, 3.8) is 0 Å².